The van der Waals surface area contributed by atoms with Crippen molar-refractivity contribution in [1.29, 1.82) is 0 Å². The van der Waals surface area contributed by atoms with E-state index >= 15 is 0 Å². The van der Waals surface area contributed by atoms with Crippen LogP contribution in [0.1, 0.15) is 51.2 Å². The highest BCUT2D eigenvalue weighted by atomic mass is 16.5. The minimum absolute atomic E-state index is 0.158. The third kappa shape index (κ3) is 5.91. The second-order valence-corrected chi connectivity index (χ2v) is 6.89. The SMILES string of the molecule is CCN(CC)C(=O)CC(Cc1ccccc1)c1ccc(OC(C)C)cc1. The van der Waals surface area contributed by atoms with Crippen molar-refractivity contribution >= 4 is 5.91 Å². The van der Waals surface area contributed by atoms with E-state index in [2.05, 4.69) is 36.4 Å². The average Bonchev–Trinajstić information content (AvgIpc) is 2.63. The zero-order chi connectivity index (χ0) is 18.9. The Hall–Kier alpha value is -2.29. The molecule has 0 radical (unpaired) electrons. The summed E-state index contributed by atoms with van der Waals surface area (Å²) in [7, 11) is 0. The summed E-state index contributed by atoms with van der Waals surface area (Å²) in [5, 5.41) is 0. The second kappa shape index (κ2) is 10.0. The Labute approximate surface area is 158 Å². The predicted octanol–water partition coefficient (Wildman–Crippen LogP) is 5.06. The Morgan fingerprint density at radius 1 is 0.962 bits per heavy atom. The lowest BCUT2D eigenvalue weighted by atomic mass is 9.88. The first-order chi connectivity index (χ1) is 12.5. The molecule has 0 aromatic heterocycles. The van der Waals surface area contributed by atoms with Gasteiger partial charge in [0.05, 0.1) is 6.10 Å². The number of rotatable bonds is 9. The molecule has 0 heterocycles. The molecule has 1 amide bonds. The van der Waals surface area contributed by atoms with Crippen LogP contribution < -0.4 is 4.74 Å². The number of hydrogen-bond acceptors (Lipinski definition) is 2. The molecule has 2 aromatic carbocycles. The van der Waals surface area contributed by atoms with Crippen LogP contribution in [0, 0.1) is 0 Å². The lowest BCUT2D eigenvalue weighted by molar-refractivity contribution is -0.131. The van der Waals surface area contributed by atoms with Crippen LogP contribution in [0.15, 0.2) is 54.6 Å². The van der Waals surface area contributed by atoms with E-state index < -0.39 is 0 Å². The maximum Gasteiger partial charge on any atom is 0.223 e. The van der Waals surface area contributed by atoms with Gasteiger partial charge in [-0.15, -0.1) is 0 Å². The van der Waals surface area contributed by atoms with Crippen LogP contribution in [0.4, 0.5) is 0 Å². The summed E-state index contributed by atoms with van der Waals surface area (Å²) in [5.74, 6) is 1.26. The number of hydrogen-bond donors (Lipinski definition) is 0. The van der Waals surface area contributed by atoms with Crippen molar-refractivity contribution in [3.63, 3.8) is 0 Å². The normalized spacial score (nSPS) is 12.0. The fourth-order valence-corrected chi connectivity index (χ4v) is 3.21. The summed E-state index contributed by atoms with van der Waals surface area (Å²) in [6.07, 6.45) is 1.55. The van der Waals surface area contributed by atoms with Gasteiger partial charge in [0.1, 0.15) is 5.75 Å². The molecular formula is C23H31NO2. The third-order valence-electron chi connectivity index (χ3n) is 4.59. The van der Waals surface area contributed by atoms with E-state index in [0.29, 0.717) is 6.42 Å². The maximum atomic E-state index is 12.7. The molecule has 0 bridgehead atoms. The lowest BCUT2D eigenvalue weighted by Crippen LogP contribution is -2.31. The Balaban J connectivity index is 2.20. The highest BCUT2D eigenvalue weighted by Gasteiger charge is 2.20. The molecule has 26 heavy (non-hydrogen) atoms. The van der Waals surface area contributed by atoms with Crippen LogP contribution in [0.25, 0.3) is 0 Å². The molecule has 1 atom stereocenters. The summed E-state index contributed by atoms with van der Waals surface area (Å²) in [6.45, 7) is 9.63. The third-order valence-corrected chi connectivity index (χ3v) is 4.59. The van der Waals surface area contributed by atoms with Crippen molar-refractivity contribution in [2.45, 2.75) is 52.6 Å². The topological polar surface area (TPSA) is 29.5 Å². The Morgan fingerprint density at radius 3 is 2.12 bits per heavy atom. The van der Waals surface area contributed by atoms with E-state index in [0.717, 1.165) is 25.3 Å². The number of nitrogens with zero attached hydrogens (tertiary/aromatic N) is 1. The molecule has 0 N–H and O–H groups in total. The van der Waals surface area contributed by atoms with Crippen LogP contribution in [0.5, 0.6) is 5.75 Å². The molecule has 0 fully saturated rings. The summed E-state index contributed by atoms with van der Waals surface area (Å²) in [5.41, 5.74) is 2.44. The smallest absolute Gasteiger partial charge is 0.223 e. The molecule has 0 aliphatic heterocycles. The van der Waals surface area contributed by atoms with Crippen molar-refractivity contribution in [3.8, 4) is 5.75 Å². The summed E-state index contributed by atoms with van der Waals surface area (Å²) in [4.78, 5) is 14.6. The molecule has 0 saturated heterocycles. The van der Waals surface area contributed by atoms with Gasteiger partial charge in [0.2, 0.25) is 5.91 Å². The minimum atomic E-state index is 0.158. The fraction of sp³-hybridized carbons (Fsp3) is 0.435. The standard InChI is InChI=1S/C23H31NO2/c1-5-24(6-2)23(25)17-21(16-19-10-8-7-9-11-19)20-12-14-22(15-13-20)26-18(3)4/h7-15,18,21H,5-6,16-17H2,1-4H3. The van der Waals surface area contributed by atoms with Crippen molar-refractivity contribution in [2.75, 3.05) is 13.1 Å². The van der Waals surface area contributed by atoms with Crippen molar-refractivity contribution in [3.05, 3.63) is 65.7 Å². The van der Waals surface area contributed by atoms with Crippen molar-refractivity contribution in [2.24, 2.45) is 0 Å². The first kappa shape index (κ1) is 20.0. The predicted molar refractivity (Wildman–Crippen MR) is 108 cm³/mol. The highest BCUT2D eigenvalue weighted by molar-refractivity contribution is 5.77. The van der Waals surface area contributed by atoms with Crippen molar-refractivity contribution < 1.29 is 9.53 Å². The zero-order valence-corrected chi connectivity index (χ0v) is 16.4. The molecule has 0 spiro atoms. The van der Waals surface area contributed by atoms with E-state index in [-0.39, 0.29) is 17.9 Å². The Bertz CT molecular complexity index is 660. The average molecular weight is 354 g/mol. The summed E-state index contributed by atoms with van der Waals surface area (Å²) >= 11 is 0. The molecule has 0 aliphatic carbocycles. The highest BCUT2D eigenvalue weighted by Crippen LogP contribution is 2.27. The molecule has 2 aromatic rings. The fourth-order valence-electron chi connectivity index (χ4n) is 3.21. The molecule has 3 nitrogen and oxygen atoms in total. The number of carbonyl (C=O) groups excluding carboxylic acids is 1. The van der Waals surface area contributed by atoms with Crippen LogP contribution in [0.3, 0.4) is 0 Å². The Kier molecular flexibility index (Phi) is 7.71. The van der Waals surface area contributed by atoms with E-state index in [4.69, 9.17) is 4.74 Å². The van der Waals surface area contributed by atoms with Gasteiger partial charge in [0, 0.05) is 19.5 Å². The van der Waals surface area contributed by atoms with Crippen LogP contribution in [0.2, 0.25) is 0 Å². The van der Waals surface area contributed by atoms with Gasteiger partial charge in [-0.1, -0.05) is 42.5 Å². The minimum Gasteiger partial charge on any atom is -0.491 e. The van der Waals surface area contributed by atoms with E-state index in [9.17, 15) is 4.79 Å². The van der Waals surface area contributed by atoms with Crippen LogP contribution >= 0.6 is 0 Å². The van der Waals surface area contributed by atoms with Gasteiger partial charge < -0.3 is 9.64 Å². The molecule has 0 saturated carbocycles. The number of amides is 1. The number of ether oxygens (including phenoxy) is 1. The van der Waals surface area contributed by atoms with Crippen LogP contribution in [-0.4, -0.2) is 30.0 Å². The van der Waals surface area contributed by atoms with Gasteiger partial charge in [-0.2, -0.15) is 0 Å². The molecule has 0 aliphatic rings. The van der Waals surface area contributed by atoms with E-state index in [1.54, 1.807) is 0 Å². The molecule has 1 unspecified atom stereocenters. The van der Waals surface area contributed by atoms with Crippen molar-refractivity contribution in [1.82, 2.24) is 4.90 Å². The lowest BCUT2D eigenvalue weighted by Gasteiger charge is -2.23. The number of carbonyl (C=O) groups is 1. The van der Waals surface area contributed by atoms with Gasteiger partial charge in [-0.25, -0.2) is 0 Å². The Morgan fingerprint density at radius 2 is 1.58 bits per heavy atom. The van der Waals surface area contributed by atoms with E-state index in [1.807, 2.05) is 50.8 Å². The largest absolute Gasteiger partial charge is 0.491 e. The van der Waals surface area contributed by atoms with Gasteiger partial charge in [0.25, 0.3) is 0 Å². The van der Waals surface area contributed by atoms with Crippen LogP contribution in [-0.2, 0) is 11.2 Å². The second-order valence-electron chi connectivity index (χ2n) is 6.89. The van der Waals surface area contributed by atoms with Gasteiger partial charge in [-0.05, 0) is 63.3 Å². The zero-order valence-electron chi connectivity index (χ0n) is 16.4. The summed E-state index contributed by atoms with van der Waals surface area (Å²) < 4.78 is 5.75. The summed E-state index contributed by atoms with van der Waals surface area (Å²) in [6, 6.07) is 18.6. The molecule has 2 rings (SSSR count). The first-order valence-corrected chi connectivity index (χ1v) is 9.61. The maximum absolute atomic E-state index is 12.7. The molecule has 140 valence electrons. The van der Waals surface area contributed by atoms with Gasteiger partial charge in [-0.3, -0.25) is 4.79 Å². The van der Waals surface area contributed by atoms with Gasteiger partial charge in [0.15, 0.2) is 0 Å². The van der Waals surface area contributed by atoms with Gasteiger partial charge >= 0.3 is 0 Å². The van der Waals surface area contributed by atoms with E-state index in [1.165, 1.54) is 11.1 Å². The molecule has 3 heteroatoms. The molecular weight excluding hydrogens is 322 g/mol. The number of benzene rings is 2. The monoisotopic (exact) mass is 353 g/mol. The quantitative estimate of drug-likeness (QED) is 0.631. The first-order valence-electron chi connectivity index (χ1n) is 9.61.